The maximum absolute atomic E-state index is 13.5. The summed E-state index contributed by atoms with van der Waals surface area (Å²) in [6.07, 6.45) is 2.99. The molecule has 0 amide bonds. The molecule has 1 fully saturated rings. The summed E-state index contributed by atoms with van der Waals surface area (Å²) in [6.45, 7) is 3.77. The summed E-state index contributed by atoms with van der Waals surface area (Å²) < 4.78 is 26.7. The zero-order valence-corrected chi connectivity index (χ0v) is 15.6. The van der Waals surface area contributed by atoms with Gasteiger partial charge in [-0.15, -0.1) is 0 Å². The van der Waals surface area contributed by atoms with Gasteiger partial charge in [-0.3, -0.25) is 5.10 Å². The minimum absolute atomic E-state index is 0.318. The van der Waals surface area contributed by atoms with Crippen molar-refractivity contribution in [3.8, 4) is 0 Å². The molecule has 1 aliphatic carbocycles. The molecule has 1 saturated carbocycles. The molecule has 146 valence electrons. The predicted molar refractivity (Wildman–Crippen MR) is 101 cm³/mol. The lowest BCUT2D eigenvalue weighted by molar-refractivity contribution is 0.506. The molecule has 28 heavy (non-hydrogen) atoms. The molecule has 9 heteroatoms. The van der Waals surface area contributed by atoms with Crippen LogP contribution in [0.1, 0.15) is 55.7 Å². The van der Waals surface area contributed by atoms with E-state index in [2.05, 4.69) is 35.8 Å². The maximum Gasteiger partial charge on any atom is 0.233 e. The van der Waals surface area contributed by atoms with Crippen LogP contribution in [0.5, 0.6) is 0 Å². The van der Waals surface area contributed by atoms with Crippen LogP contribution in [0.25, 0.3) is 0 Å². The lowest BCUT2D eigenvalue weighted by atomic mass is 10.1. The third kappa shape index (κ3) is 4.08. The lowest BCUT2D eigenvalue weighted by Gasteiger charge is -2.15. The van der Waals surface area contributed by atoms with Gasteiger partial charge >= 0.3 is 0 Å². The van der Waals surface area contributed by atoms with Crippen LogP contribution in [0, 0.1) is 11.6 Å². The van der Waals surface area contributed by atoms with Gasteiger partial charge in [0.1, 0.15) is 5.82 Å². The number of nitrogens with zero attached hydrogens (tertiary/aromatic N) is 4. The van der Waals surface area contributed by atoms with Gasteiger partial charge in [0, 0.05) is 24.1 Å². The summed E-state index contributed by atoms with van der Waals surface area (Å²) in [4.78, 5) is 13.1. The van der Waals surface area contributed by atoms with Gasteiger partial charge in [0.25, 0.3) is 0 Å². The van der Waals surface area contributed by atoms with E-state index in [9.17, 15) is 8.78 Å². The van der Waals surface area contributed by atoms with E-state index in [1.54, 1.807) is 0 Å². The Labute approximate surface area is 161 Å². The van der Waals surface area contributed by atoms with E-state index < -0.39 is 11.6 Å². The van der Waals surface area contributed by atoms with Crippen molar-refractivity contribution in [1.29, 1.82) is 0 Å². The van der Waals surface area contributed by atoms with Gasteiger partial charge in [0.05, 0.1) is 6.04 Å². The standard InChI is InChI=1S/C19H21F2N7/c1-3-16-23-18(22-10(2)12-6-7-13(20)14(21)8-12)26-19(24-16)25-17-9-15(27-28-17)11-4-5-11/h6-11H,3-5H2,1-2H3,(H3,22,23,24,25,26,27,28). The van der Waals surface area contributed by atoms with Crippen molar-refractivity contribution < 1.29 is 8.78 Å². The number of anilines is 3. The van der Waals surface area contributed by atoms with E-state index >= 15 is 0 Å². The summed E-state index contributed by atoms with van der Waals surface area (Å²) in [5.41, 5.74) is 1.70. The van der Waals surface area contributed by atoms with Gasteiger partial charge in [-0.25, -0.2) is 8.78 Å². The van der Waals surface area contributed by atoms with E-state index in [-0.39, 0.29) is 6.04 Å². The Balaban J connectivity index is 1.52. The molecule has 1 aromatic carbocycles. The Hall–Kier alpha value is -3.10. The van der Waals surface area contributed by atoms with Crippen molar-refractivity contribution in [2.24, 2.45) is 0 Å². The molecule has 3 aromatic rings. The number of hydrogen-bond donors (Lipinski definition) is 3. The van der Waals surface area contributed by atoms with Crippen LogP contribution in [0.15, 0.2) is 24.3 Å². The van der Waals surface area contributed by atoms with Crippen molar-refractivity contribution in [2.75, 3.05) is 10.6 Å². The molecule has 1 unspecified atom stereocenters. The van der Waals surface area contributed by atoms with Crippen LogP contribution in [-0.2, 0) is 6.42 Å². The van der Waals surface area contributed by atoms with Crippen molar-refractivity contribution in [2.45, 2.75) is 45.1 Å². The van der Waals surface area contributed by atoms with E-state index in [1.807, 2.05) is 19.9 Å². The molecule has 1 atom stereocenters. The second-order valence-electron chi connectivity index (χ2n) is 6.90. The first-order valence-corrected chi connectivity index (χ1v) is 9.30. The fourth-order valence-electron chi connectivity index (χ4n) is 2.88. The summed E-state index contributed by atoms with van der Waals surface area (Å²) in [7, 11) is 0. The minimum Gasteiger partial charge on any atom is -0.348 e. The number of rotatable bonds is 7. The van der Waals surface area contributed by atoms with Crippen LogP contribution in [0.3, 0.4) is 0 Å². The van der Waals surface area contributed by atoms with Crippen molar-refractivity contribution in [1.82, 2.24) is 25.1 Å². The number of aromatic amines is 1. The van der Waals surface area contributed by atoms with Crippen LogP contribution in [0.4, 0.5) is 26.5 Å². The second kappa shape index (κ2) is 7.49. The zero-order chi connectivity index (χ0) is 19.7. The summed E-state index contributed by atoms with van der Waals surface area (Å²) >= 11 is 0. The largest absolute Gasteiger partial charge is 0.348 e. The molecule has 4 rings (SSSR count). The number of aromatic nitrogens is 5. The molecule has 2 heterocycles. The van der Waals surface area contributed by atoms with E-state index in [0.717, 1.165) is 17.8 Å². The topological polar surface area (TPSA) is 91.4 Å². The van der Waals surface area contributed by atoms with Crippen LogP contribution < -0.4 is 10.6 Å². The molecular formula is C19H21F2N7. The summed E-state index contributed by atoms with van der Waals surface area (Å²) in [5, 5.41) is 13.5. The van der Waals surface area contributed by atoms with Gasteiger partial charge in [-0.2, -0.15) is 20.1 Å². The highest BCUT2D eigenvalue weighted by molar-refractivity contribution is 5.50. The highest BCUT2D eigenvalue weighted by atomic mass is 19.2. The zero-order valence-electron chi connectivity index (χ0n) is 15.6. The Morgan fingerprint density at radius 1 is 1.11 bits per heavy atom. The monoisotopic (exact) mass is 385 g/mol. The van der Waals surface area contributed by atoms with Gasteiger partial charge in [0.15, 0.2) is 17.5 Å². The molecule has 0 radical (unpaired) electrons. The summed E-state index contributed by atoms with van der Waals surface area (Å²) in [6, 6.07) is 5.44. The number of halogens is 2. The fraction of sp³-hybridized carbons (Fsp3) is 0.368. The number of aryl methyl sites for hydroxylation is 1. The molecule has 0 spiro atoms. The fourth-order valence-corrected chi connectivity index (χ4v) is 2.88. The Morgan fingerprint density at radius 2 is 1.89 bits per heavy atom. The van der Waals surface area contributed by atoms with Crippen LogP contribution in [-0.4, -0.2) is 25.1 Å². The molecule has 2 aromatic heterocycles. The third-order valence-corrected chi connectivity index (χ3v) is 4.64. The van der Waals surface area contributed by atoms with Gasteiger partial charge < -0.3 is 10.6 Å². The second-order valence-corrected chi connectivity index (χ2v) is 6.90. The van der Waals surface area contributed by atoms with Gasteiger partial charge in [-0.1, -0.05) is 13.0 Å². The molecule has 0 saturated heterocycles. The average molecular weight is 385 g/mol. The Bertz CT molecular complexity index is 984. The molecular weight excluding hydrogens is 364 g/mol. The number of H-pyrrole nitrogens is 1. The van der Waals surface area contributed by atoms with Crippen molar-refractivity contribution in [3.63, 3.8) is 0 Å². The third-order valence-electron chi connectivity index (χ3n) is 4.64. The smallest absolute Gasteiger partial charge is 0.233 e. The highest BCUT2D eigenvalue weighted by Crippen LogP contribution is 2.39. The Morgan fingerprint density at radius 3 is 2.61 bits per heavy atom. The van der Waals surface area contributed by atoms with E-state index in [1.165, 1.54) is 18.9 Å². The van der Waals surface area contributed by atoms with Crippen LogP contribution in [0.2, 0.25) is 0 Å². The van der Waals surface area contributed by atoms with E-state index in [4.69, 9.17) is 0 Å². The van der Waals surface area contributed by atoms with Gasteiger partial charge in [0.2, 0.25) is 11.9 Å². The maximum atomic E-state index is 13.5. The van der Waals surface area contributed by atoms with Crippen LogP contribution >= 0.6 is 0 Å². The molecule has 7 nitrogen and oxygen atoms in total. The molecule has 0 aliphatic heterocycles. The number of hydrogen-bond acceptors (Lipinski definition) is 6. The minimum atomic E-state index is -0.886. The predicted octanol–water partition coefficient (Wildman–Crippen LogP) is 4.23. The normalized spacial score (nSPS) is 14.7. The Kier molecular flexibility index (Phi) is 4.89. The highest BCUT2D eigenvalue weighted by Gasteiger charge is 2.25. The molecule has 0 bridgehead atoms. The van der Waals surface area contributed by atoms with Gasteiger partial charge in [-0.05, 0) is 37.5 Å². The number of nitrogens with one attached hydrogen (secondary N) is 3. The first-order valence-electron chi connectivity index (χ1n) is 9.30. The van der Waals surface area contributed by atoms with E-state index in [0.29, 0.717) is 41.4 Å². The average Bonchev–Trinajstić information content (AvgIpc) is 3.43. The first kappa shape index (κ1) is 18.3. The van der Waals surface area contributed by atoms with Crippen molar-refractivity contribution >= 4 is 17.7 Å². The summed E-state index contributed by atoms with van der Waals surface area (Å²) in [5.74, 6) is 0.793. The molecule has 1 aliphatic rings. The first-order chi connectivity index (χ1) is 13.5. The quantitative estimate of drug-likeness (QED) is 0.564. The van der Waals surface area contributed by atoms with Crippen molar-refractivity contribution in [3.05, 3.63) is 53.0 Å². The molecule has 3 N–H and O–H groups in total. The lowest BCUT2D eigenvalue weighted by Crippen LogP contribution is -2.13. The number of benzene rings is 1. The SMILES string of the molecule is CCc1nc(Nc2cc(C3CC3)[nH]n2)nc(NC(C)c2ccc(F)c(F)c2)n1.